The van der Waals surface area contributed by atoms with Crippen LogP contribution in [0.5, 0.6) is 11.5 Å². The van der Waals surface area contributed by atoms with Crippen LogP contribution in [0.4, 0.5) is 0 Å². The quantitative estimate of drug-likeness (QED) is 0.619. The normalized spacial score (nSPS) is 11.8. The SMILES string of the molecule is COc1ccc(OC)c(C(=O)O[C@H](C)c2nnc(-c3cccs3)o2)c1. The molecule has 0 N–H and O–H groups in total. The molecule has 2 heterocycles. The molecule has 3 rings (SSSR count). The summed E-state index contributed by atoms with van der Waals surface area (Å²) >= 11 is 1.49. The number of carbonyl (C=O) groups excluding carboxylic acids is 1. The predicted molar refractivity (Wildman–Crippen MR) is 91.0 cm³/mol. The smallest absolute Gasteiger partial charge is 0.342 e. The van der Waals surface area contributed by atoms with Gasteiger partial charge >= 0.3 is 5.97 Å². The number of nitrogens with zero attached hydrogens (tertiary/aromatic N) is 2. The lowest BCUT2D eigenvalue weighted by molar-refractivity contribution is 0.0276. The predicted octanol–water partition coefficient (Wildman–Crippen LogP) is 3.73. The van der Waals surface area contributed by atoms with Gasteiger partial charge in [-0.1, -0.05) is 6.07 Å². The van der Waals surface area contributed by atoms with Crippen LogP contribution in [-0.4, -0.2) is 30.4 Å². The van der Waals surface area contributed by atoms with E-state index in [1.165, 1.54) is 25.6 Å². The summed E-state index contributed by atoms with van der Waals surface area (Å²) in [5.41, 5.74) is 0.256. The molecule has 25 heavy (non-hydrogen) atoms. The Morgan fingerprint density at radius 1 is 1.20 bits per heavy atom. The fraction of sp³-hybridized carbons (Fsp3) is 0.235. The molecule has 7 nitrogen and oxygen atoms in total. The molecule has 0 bridgehead atoms. The van der Waals surface area contributed by atoms with E-state index < -0.39 is 12.1 Å². The Bertz CT molecular complexity index is 860. The number of esters is 1. The van der Waals surface area contributed by atoms with Crippen molar-refractivity contribution in [3.05, 3.63) is 47.2 Å². The first-order valence-electron chi connectivity index (χ1n) is 7.42. The molecule has 3 aromatic rings. The maximum absolute atomic E-state index is 12.5. The van der Waals surface area contributed by atoms with Crippen molar-refractivity contribution in [1.82, 2.24) is 10.2 Å². The number of carbonyl (C=O) groups is 1. The van der Waals surface area contributed by atoms with E-state index in [0.717, 1.165) is 4.88 Å². The molecule has 130 valence electrons. The lowest BCUT2D eigenvalue weighted by atomic mass is 10.2. The second kappa shape index (κ2) is 7.35. The summed E-state index contributed by atoms with van der Waals surface area (Å²) in [4.78, 5) is 13.3. The minimum absolute atomic E-state index is 0.221. The van der Waals surface area contributed by atoms with E-state index in [4.69, 9.17) is 18.6 Å². The molecule has 0 saturated heterocycles. The Morgan fingerprint density at radius 2 is 2.04 bits per heavy atom. The highest BCUT2D eigenvalue weighted by Crippen LogP contribution is 2.28. The van der Waals surface area contributed by atoms with Crippen molar-refractivity contribution in [2.24, 2.45) is 0 Å². The van der Waals surface area contributed by atoms with Gasteiger partial charge in [-0.2, -0.15) is 0 Å². The Hall–Kier alpha value is -2.87. The molecule has 0 radical (unpaired) electrons. The van der Waals surface area contributed by atoms with Crippen LogP contribution in [0.1, 0.15) is 29.3 Å². The van der Waals surface area contributed by atoms with Gasteiger partial charge in [-0.05, 0) is 36.6 Å². The van der Waals surface area contributed by atoms with E-state index in [-0.39, 0.29) is 11.5 Å². The zero-order valence-corrected chi connectivity index (χ0v) is 14.7. The third-order valence-corrected chi connectivity index (χ3v) is 4.29. The van der Waals surface area contributed by atoms with Gasteiger partial charge in [0.15, 0.2) is 6.10 Å². The van der Waals surface area contributed by atoms with Crippen LogP contribution in [0, 0.1) is 0 Å². The maximum atomic E-state index is 12.5. The number of thiophene rings is 1. The molecule has 0 aliphatic heterocycles. The summed E-state index contributed by atoms with van der Waals surface area (Å²) in [6, 6.07) is 8.66. The summed E-state index contributed by atoms with van der Waals surface area (Å²) in [6.45, 7) is 1.66. The van der Waals surface area contributed by atoms with Crippen LogP contribution in [0.15, 0.2) is 40.1 Å². The number of methoxy groups -OCH3 is 2. The van der Waals surface area contributed by atoms with Crippen LogP contribution in [0.3, 0.4) is 0 Å². The summed E-state index contributed by atoms with van der Waals surface area (Å²) in [5.74, 6) is 0.963. The molecule has 2 aromatic heterocycles. The number of ether oxygens (including phenoxy) is 3. The summed E-state index contributed by atoms with van der Waals surface area (Å²) in [6.07, 6.45) is -0.704. The fourth-order valence-electron chi connectivity index (χ4n) is 2.15. The molecular formula is C17H16N2O5S. The summed E-state index contributed by atoms with van der Waals surface area (Å²) in [7, 11) is 3.00. The molecule has 8 heteroatoms. The van der Waals surface area contributed by atoms with E-state index in [1.54, 1.807) is 25.1 Å². The van der Waals surface area contributed by atoms with Crippen LogP contribution in [0.2, 0.25) is 0 Å². The van der Waals surface area contributed by atoms with Gasteiger partial charge < -0.3 is 18.6 Å². The first-order chi connectivity index (χ1) is 12.1. The van der Waals surface area contributed by atoms with Gasteiger partial charge in [-0.25, -0.2) is 4.79 Å². The van der Waals surface area contributed by atoms with Crippen molar-refractivity contribution < 1.29 is 23.4 Å². The lowest BCUT2D eigenvalue weighted by Gasteiger charge is -2.12. The lowest BCUT2D eigenvalue weighted by Crippen LogP contribution is -2.11. The van der Waals surface area contributed by atoms with E-state index >= 15 is 0 Å². The average molecular weight is 360 g/mol. The Labute approximate surface area is 148 Å². The number of hydrogen-bond donors (Lipinski definition) is 0. The minimum Gasteiger partial charge on any atom is -0.497 e. The molecule has 0 saturated carbocycles. The van der Waals surface area contributed by atoms with Crippen molar-refractivity contribution in [3.8, 4) is 22.3 Å². The van der Waals surface area contributed by atoms with Gasteiger partial charge in [0.25, 0.3) is 11.8 Å². The van der Waals surface area contributed by atoms with Crippen molar-refractivity contribution in [2.75, 3.05) is 14.2 Å². The third-order valence-electron chi connectivity index (χ3n) is 3.43. The molecular weight excluding hydrogens is 344 g/mol. The Morgan fingerprint density at radius 3 is 2.72 bits per heavy atom. The first kappa shape index (κ1) is 17.0. The topological polar surface area (TPSA) is 83.7 Å². The van der Waals surface area contributed by atoms with Gasteiger partial charge in [-0.3, -0.25) is 0 Å². The second-order valence-corrected chi connectivity index (χ2v) is 5.98. The molecule has 0 fully saturated rings. The number of hydrogen-bond acceptors (Lipinski definition) is 8. The highest BCUT2D eigenvalue weighted by Gasteiger charge is 2.22. The van der Waals surface area contributed by atoms with Crippen LogP contribution >= 0.6 is 11.3 Å². The standard InChI is InChI=1S/C17H16N2O5S/c1-10(15-18-19-16(24-15)14-5-4-8-25-14)23-17(20)12-9-11(21-2)6-7-13(12)22-3/h4-10H,1-3H3/t10-/m1/s1. The molecule has 0 aliphatic carbocycles. The Kier molecular flexibility index (Phi) is 4.99. The third kappa shape index (κ3) is 3.63. The van der Waals surface area contributed by atoms with E-state index in [0.29, 0.717) is 17.4 Å². The largest absolute Gasteiger partial charge is 0.497 e. The fourth-order valence-corrected chi connectivity index (χ4v) is 2.79. The second-order valence-electron chi connectivity index (χ2n) is 5.04. The summed E-state index contributed by atoms with van der Waals surface area (Å²) in [5, 5.41) is 9.85. The molecule has 1 atom stereocenters. The van der Waals surface area contributed by atoms with Crippen LogP contribution in [-0.2, 0) is 4.74 Å². The van der Waals surface area contributed by atoms with Crippen molar-refractivity contribution >= 4 is 17.3 Å². The van der Waals surface area contributed by atoms with Gasteiger partial charge in [0, 0.05) is 0 Å². The van der Waals surface area contributed by atoms with Gasteiger partial charge in [0.05, 0.1) is 19.1 Å². The number of aromatic nitrogens is 2. The molecule has 0 unspecified atom stereocenters. The first-order valence-corrected chi connectivity index (χ1v) is 8.30. The molecule has 1 aromatic carbocycles. The van der Waals surface area contributed by atoms with Gasteiger partial charge in [-0.15, -0.1) is 21.5 Å². The summed E-state index contributed by atoms with van der Waals surface area (Å²) < 4.78 is 21.3. The molecule has 0 spiro atoms. The monoisotopic (exact) mass is 360 g/mol. The number of rotatable bonds is 6. The number of benzene rings is 1. The van der Waals surface area contributed by atoms with Crippen molar-refractivity contribution in [3.63, 3.8) is 0 Å². The van der Waals surface area contributed by atoms with Crippen molar-refractivity contribution in [2.45, 2.75) is 13.0 Å². The van der Waals surface area contributed by atoms with Crippen molar-refractivity contribution in [1.29, 1.82) is 0 Å². The van der Waals surface area contributed by atoms with Gasteiger partial charge in [0.1, 0.15) is 17.1 Å². The highest BCUT2D eigenvalue weighted by atomic mass is 32.1. The Balaban J connectivity index is 1.77. The molecule has 0 aliphatic rings. The minimum atomic E-state index is -0.704. The van der Waals surface area contributed by atoms with Crippen LogP contribution in [0.25, 0.3) is 10.8 Å². The highest BCUT2D eigenvalue weighted by molar-refractivity contribution is 7.13. The zero-order valence-electron chi connectivity index (χ0n) is 13.9. The van der Waals surface area contributed by atoms with E-state index in [9.17, 15) is 4.79 Å². The van der Waals surface area contributed by atoms with Gasteiger partial charge in [0.2, 0.25) is 0 Å². The zero-order chi connectivity index (χ0) is 17.8. The van der Waals surface area contributed by atoms with E-state index in [1.807, 2.05) is 17.5 Å². The average Bonchev–Trinajstić information content (AvgIpc) is 3.32. The molecule has 0 amide bonds. The van der Waals surface area contributed by atoms with E-state index in [2.05, 4.69) is 10.2 Å². The maximum Gasteiger partial charge on any atom is 0.342 e. The van der Waals surface area contributed by atoms with Crippen LogP contribution < -0.4 is 9.47 Å².